The van der Waals surface area contributed by atoms with E-state index in [1.165, 1.54) is 0 Å². The van der Waals surface area contributed by atoms with Crippen LogP contribution in [0.2, 0.25) is 0 Å². The molecule has 3 aromatic rings. The third kappa shape index (κ3) is 2.63. The number of aromatic nitrogens is 3. The second-order valence-corrected chi connectivity index (χ2v) is 5.24. The highest BCUT2D eigenvalue weighted by Gasteiger charge is 2.10. The van der Waals surface area contributed by atoms with Crippen LogP contribution in [0.25, 0.3) is 5.65 Å². The van der Waals surface area contributed by atoms with E-state index in [4.69, 9.17) is 4.42 Å². The Hall–Kier alpha value is -1.82. The standard InChI is InChI=1S/C13H13BrN4O/c1-9(8-10-4-3-7-19-10)15-13-16-12-11(14)5-2-6-18(12)17-13/h2-7,9H,8H2,1H3,(H,15,17). The van der Waals surface area contributed by atoms with Gasteiger partial charge < -0.3 is 9.73 Å². The highest BCUT2D eigenvalue weighted by molar-refractivity contribution is 9.10. The maximum absolute atomic E-state index is 5.33. The van der Waals surface area contributed by atoms with E-state index >= 15 is 0 Å². The molecule has 0 aliphatic heterocycles. The molecule has 0 aliphatic rings. The van der Waals surface area contributed by atoms with Crippen molar-refractivity contribution in [3.8, 4) is 0 Å². The van der Waals surface area contributed by atoms with Crippen molar-refractivity contribution in [2.75, 3.05) is 5.32 Å². The Morgan fingerprint density at radius 2 is 2.32 bits per heavy atom. The van der Waals surface area contributed by atoms with E-state index < -0.39 is 0 Å². The minimum Gasteiger partial charge on any atom is -0.469 e. The first kappa shape index (κ1) is 12.2. The Kier molecular flexibility index (Phi) is 3.25. The van der Waals surface area contributed by atoms with Gasteiger partial charge in [0, 0.05) is 18.7 Å². The minimum atomic E-state index is 0.197. The number of furan rings is 1. The van der Waals surface area contributed by atoms with E-state index in [9.17, 15) is 0 Å². The van der Waals surface area contributed by atoms with Crippen LogP contribution in [0.15, 0.2) is 45.6 Å². The molecular formula is C13H13BrN4O. The van der Waals surface area contributed by atoms with Crippen molar-refractivity contribution >= 4 is 27.5 Å². The topological polar surface area (TPSA) is 55.4 Å². The van der Waals surface area contributed by atoms with Crippen molar-refractivity contribution in [2.45, 2.75) is 19.4 Å². The van der Waals surface area contributed by atoms with Crippen molar-refractivity contribution < 1.29 is 4.42 Å². The van der Waals surface area contributed by atoms with Gasteiger partial charge in [-0.2, -0.15) is 4.98 Å². The number of anilines is 1. The molecule has 0 spiro atoms. The Morgan fingerprint density at radius 3 is 3.05 bits per heavy atom. The number of hydrogen-bond donors (Lipinski definition) is 1. The Balaban J connectivity index is 1.76. The molecule has 0 saturated carbocycles. The largest absolute Gasteiger partial charge is 0.469 e. The molecule has 3 aromatic heterocycles. The van der Waals surface area contributed by atoms with Crippen LogP contribution >= 0.6 is 15.9 Å². The van der Waals surface area contributed by atoms with E-state index in [-0.39, 0.29) is 6.04 Å². The average molecular weight is 321 g/mol. The van der Waals surface area contributed by atoms with Gasteiger partial charge in [0.25, 0.3) is 0 Å². The predicted molar refractivity (Wildman–Crippen MR) is 76.2 cm³/mol. The lowest BCUT2D eigenvalue weighted by atomic mass is 10.2. The third-order valence-corrected chi connectivity index (χ3v) is 3.40. The summed E-state index contributed by atoms with van der Waals surface area (Å²) in [5.74, 6) is 1.57. The monoisotopic (exact) mass is 320 g/mol. The average Bonchev–Trinajstić information content (AvgIpc) is 2.98. The van der Waals surface area contributed by atoms with Crippen LogP contribution in [0.3, 0.4) is 0 Å². The molecule has 1 atom stereocenters. The van der Waals surface area contributed by atoms with Gasteiger partial charge in [-0.25, -0.2) is 4.52 Å². The summed E-state index contributed by atoms with van der Waals surface area (Å²) in [7, 11) is 0. The summed E-state index contributed by atoms with van der Waals surface area (Å²) in [6, 6.07) is 7.91. The maximum Gasteiger partial charge on any atom is 0.243 e. The number of halogens is 1. The third-order valence-electron chi connectivity index (χ3n) is 2.78. The second kappa shape index (κ2) is 5.05. The zero-order chi connectivity index (χ0) is 13.2. The maximum atomic E-state index is 5.33. The van der Waals surface area contributed by atoms with Gasteiger partial charge in [-0.15, -0.1) is 5.10 Å². The summed E-state index contributed by atoms with van der Waals surface area (Å²) in [5.41, 5.74) is 0.801. The Morgan fingerprint density at radius 1 is 1.42 bits per heavy atom. The zero-order valence-electron chi connectivity index (χ0n) is 10.4. The SMILES string of the molecule is CC(Cc1ccco1)Nc1nc2c(Br)cccn2n1. The lowest BCUT2D eigenvalue weighted by Gasteiger charge is -2.09. The summed E-state index contributed by atoms with van der Waals surface area (Å²) in [6.07, 6.45) is 4.35. The van der Waals surface area contributed by atoms with Gasteiger partial charge in [0.2, 0.25) is 5.95 Å². The molecule has 3 rings (SSSR count). The van der Waals surface area contributed by atoms with Crippen LogP contribution in [0.1, 0.15) is 12.7 Å². The highest BCUT2D eigenvalue weighted by atomic mass is 79.9. The van der Waals surface area contributed by atoms with Crippen molar-refractivity contribution in [3.63, 3.8) is 0 Å². The lowest BCUT2D eigenvalue weighted by Crippen LogP contribution is -2.18. The Bertz CT molecular complexity index is 677. The van der Waals surface area contributed by atoms with Gasteiger partial charge in [-0.1, -0.05) is 0 Å². The van der Waals surface area contributed by atoms with Crippen LogP contribution in [-0.2, 0) is 6.42 Å². The predicted octanol–water partition coefficient (Wildman–Crippen LogP) is 3.13. The van der Waals surface area contributed by atoms with Crippen molar-refractivity contribution in [1.82, 2.24) is 14.6 Å². The molecule has 0 saturated heterocycles. The number of pyridine rings is 1. The molecule has 0 amide bonds. The number of rotatable bonds is 4. The van der Waals surface area contributed by atoms with Crippen molar-refractivity contribution in [3.05, 3.63) is 47.0 Å². The number of fused-ring (bicyclic) bond motifs is 1. The van der Waals surface area contributed by atoms with Gasteiger partial charge in [0.15, 0.2) is 5.65 Å². The Labute approximate surface area is 118 Å². The highest BCUT2D eigenvalue weighted by Crippen LogP contribution is 2.17. The van der Waals surface area contributed by atoms with E-state index in [1.807, 2.05) is 30.5 Å². The normalized spacial score (nSPS) is 12.7. The van der Waals surface area contributed by atoms with Gasteiger partial charge >= 0.3 is 0 Å². The molecule has 0 fully saturated rings. The minimum absolute atomic E-state index is 0.197. The molecule has 5 nitrogen and oxygen atoms in total. The first-order chi connectivity index (χ1) is 9.22. The first-order valence-electron chi connectivity index (χ1n) is 6.02. The molecule has 19 heavy (non-hydrogen) atoms. The summed E-state index contributed by atoms with van der Waals surface area (Å²) in [6.45, 7) is 2.07. The fourth-order valence-electron chi connectivity index (χ4n) is 1.94. The summed E-state index contributed by atoms with van der Waals surface area (Å²) >= 11 is 3.46. The van der Waals surface area contributed by atoms with Crippen LogP contribution in [0.5, 0.6) is 0 Å². The molecule has 1 unspecified atom stereocenters. The molecule has 0 aliphatic carbocycles. The van der Waals surface area contributed by atoms with E-state index in [1.54, 1.807) is 10.8 Å². The van der Waals surface area contributed by atoms with Gasteiger partial charge in [0.1, 0.15) is 5.76 Å². The molecule has 1 N–H and O–H groups in total. The summed E-state index contributed by atoms with van der Waals surface area (Å²) in [5, 5.41) is 7.65. The number of nitrogens with zero attached hydrogens (tertiary/aromatic N) is 3. The smallest absolute Gasteiger partial charge is 0.243 e. The molecule has 98 valence electrons. The van der Waals surface area contributed by atoms with Gasteiger partial charge in [-0.3, -0.25) is 0 Å². The summed E-state index contributed by atoms with van der Waals surface area (Å²) < 4.78 is 7.99. The molecule has 3 heterocycles. The van der Waals surface area contributed by atoms with E-state index in [0.29, 0.717) is 5.95 Å². The summed E-state index contributed by atoms with van der Waals surface area (Å²) in [4.78, 5) is 4.44. The quantitative estimate of drug-likeness (QED) is 0.802. The molecule has 0 aromatic carbocycles. The molecule has 6 heteroatoms. The first-order valence-corrected chi connectivity index (χ1v) is 6.81. The van der Waals surface area contributed by atoms with Crippen molar-refractivity contribution in [1.29, 1.82) is 0 Å². The van der Waals surface area contributed by atoms with Gasteiger partial charge in [-0.05, 0) is 47.1 Å². The van der Waals surface area contributed by atoms with Crippen LogP contribution < -0.4 is 5.32 Å². The fourth-order valence-corrected chi connectivity index (χ4v) is 2.36. The molecule has 0 radical (unpaired) electrons. The number of nitrogens with one attached hydrogen (secondary N) is 1. The molecular weight excluding hydrogens is 308 g/mol. The second-order valence-electron chi connectivity index (χ2n) is 4.39. The molecule has 0 bridgehead atoms. The number of hydrogen-bond acceptors (Lipinski definition) is 4. The van der Waals surface area contributed by atoms with Crippen LogP contribution in [0.4, 0.5) is 5.95 Å². The zero-order valence-corrected chi connectivity index (χ0v) is 12.0. The van der Waals surface area contributed by atoms with Crippen molar-refractivity contribution in [2.24, 2.45) is 0 Å². The van der Waals surface area contributed by atoms with E-state index in [0.717, 1.165) is 22.3 Å². The van der Waals surface area contributed by atoms with Crippen LogP contribution in [-0.4, -0.2) is 20.6 Å². The van der Waals surface area contributed by atoms with Crippen LogP contribution in [0, 0.1) is 0 Å². The fraction of sp³-hybridized carbons (Fsp3) is 0.231. The van der Waals surface area contributed by atoms with E-state index in [2.05, 4.69) is 38.3 Å². The van der Waals surface area contributed by atoms with Gasteiger partial charge in [0.05, 0.1) is 10.7 Å². The lowest BCUT2D eigenvalue weighted by molar-refractivity contribution is 0.497.